The van der Waals surface area contributed by atoms with Crippen molar-refractivity contribution in [1.82, 2.24) is 44.6 Å². The van der Waals surface area contributed by atoms with Crippen molar-refractivity contribution in [1.29, 1.82) is 5.26 Å². The number of imide groups is 1. The summed E-state index contributed by atoms with van der Waals surface area (Å²) < 4.78 is 25.5. The minimum Gasteiger partial charge on any atom is -0.374 e. The molecule has 9 heterocycles. The van der Waals surface area contributed by atoms with E-state index in [1.165, 1.54) is 11.6 Å². The lowest BCUT2D eigenvalue weighted by Gasteiger charge is -2.41. The number of nitrogens with one attached hydrogen (secondary N) is 2. The predicted molar refractivity (Wildman–Crippen MR) is 235 cm³/mol. The van der Waals surface area contributed by atoms with E-state index in [0.29, 0.717) is 47.2 Å². The van der Waals surface area contributed by atoms with E-state index in [9.17, 15) is 14.9 Å². The number of carbonyl (C=O) groups is 2. The highest BCUT2D eigenvalue weighted by Crippen LogP contribution is 2.44. The number of carbonyl (C=O) groups excluding carboxylic acids is 2. The number of pyridine rings is 2. The molecule has 1 aliphatic carbocycles. The van der Waals surface area contributed by atoms with Crippen LogP contribution in [0.2, 0.25) is 0 Å². The minimum absolute atomic E-state index is 0.148. The molecule has 11 rings (SSSR count). The first kappa shape index (κ1) is 40.2. The third kappa shape index (κ3) is 7.45. The van der Waals surface area contributed by atoms with E-state index in [1.54, 1.807) is 10.7 Å². The van der Waals surface area contributed by atoms with Gasteiger partial charge in [0.05, 0.1) is 48.3 Å². The Morgan fingerprint density at radius 1 is 0.875 bits per heavy atom. The molecule has 0 radical (unpaired) electrons. The topological polar surface area (TPSA) is 171 Å². The normalized spacial score (nSPS) is 22.7. The smallest absolute Gasteiger partial charge is 0.249 e. The number of anilines is 2. The van der Waals surface area contributed by atoms with Gasteiger partial charge in [0.15, 0.2) is 0 Å². The number of halogens is 1. The van der Waals surface area contributed by atoms with Crippen LogP contribution in [-0.2, 0) is 26.5 Å². The molecule has 3 saturated heterocycles. The van der Waals surface area contributed by atoms with Gasteiger partial charge in [-0.25, -0.2) is 18.9 Å². The molecule has 0 unspecified atom stereocenters. The van der Waals surface area contributed by atoms with Crippen molar-refractivity contribution < 1.29 is 18.7 Å². The van der Waals surface area contributed by atoms with Crippen LogP contribution in [0.1, 0.15) is 98.6 Å². The molecule has 2 amide bonds. The molecule has 2 N–H and O–H groups in total. The highest BCUT2D eigenvalue weighted by Gasteiger charge is 2.44. The molecule has 0 bridgehead atoms. The Morgan fingerprint density at radius 2 is 1.70 bits per heavy atom. The molecule has 1 aromatic carbocycles. The van der Waals surface area contributed by atoms with Gasteiger partial charge >= 0.3 is 0 Å². The van der Waals surface area contributed by atoms with Crippen molar-refractivity contribution in [3.63, 3.8) is 0 Å². The van der Waals surface area contributed by atoms with Gasteiger partial charge in [0, 0.05) is 66.5 Å². The maximum Gasteiger partial charge on any atom is 0.249 e. The predicted octanol–water partition coefficient (Wildman–Crippen LogP) is 6.67. The Balaban J connectivity index is 0.719. The van der Waals surface area contributed by atoms with Crippen LogP contribution in [-0.4, -0.2) is 89.3 Å². The molecule has 1 atom stereocenters. The van der Waals surface area contributed by atoms with Gasteiger partial charge in [0.1, 0.15) is 40.4 Å². The van der Waals surface area contributed by atoms with Gasteiger partial charge in [-0.1, -0.05) is 12.1 Å². The maximum atomic E-state index is 15.4. The van der Waals surface area contributed by atoms with Gasteiger partial charge in [0.2, 0.25) is 11.8 Å². The van der Waals surface area contributed by atoms with E-state index >= 15 is 4.39 Å². The average molecular weight is 861 g/mol. The van der Waals surface area contributed by atoms with E-state index in [1.807, 2.05) is 55.1 Å². The van der Waals surface area contributed by atoms with Crippen LogP contribution in [0.15, 0.2) is 79.6 Å². The molecule has 4 fully saturated rings. The molecule has 6 aromatic rings. The van der Waals surface area contributed by atoms with Crippen molar-refractivity contribution >= 4 is 28.8 Å². The summed E-state index contributed by atoms with van der Waals surface area (Å²) in [7, 11) is 0. The van der Waals surface area contributed by atoms with Gasteiger partial charge in [-0.15, -0.1) is 0 Å². The van der Waals surface area contributed by atoms with Gasteiger partial charge < -0.3 is 19.9 Å². The van der Waals surface area contributed by atoms with E-state index in [4.69, 9.17) is 19.8 Å². The molecular weight excluding hydrogens is 812 g/mol. The fourth-order valence-electron chi connectivity index (χ4n) is 10.8. The highest BCUT2D eigenvalue weighted by molar-refractivity contribution is 6.01. The SMILES string of the molecule is N#Cc1cnn2cc(-c3cnn([C@H]4CC[C@H](N5CCC(c6ccc(N[C@H]7CCC(=O)NC7=O)cc6F)CC5)CC4)c3)nc(-c3ccc(N4CCC5(CC4)OCc4cccnc45)nc3)c12. The second-order valence-corrected chi connectivity index (χ2v) is 18.0. The Kier molecular flexibility index (Phi) is 10.4. The summed E-state index contributed by atoms with van der Waals surface area (Å²) in [5.41, 5.74) is 7.34. The number of likely N-dealkylation sites (tertiary alicyclic amines) is 1. The molecule has 326 valence electrons. The lowest BCUT2D eigenvalue weighted by molar-refractivity contribution is -0.133. The van der Waals surface area contributed by atoms with Crippen LogP contribution < -0.4 is 15.5 Å². The lowest BCUT2D eigenvalue weighted by Crippen LogP contribution is -2.47. The van der Waals surface area contributed by atoms with Crippen molar-refractivity contribution in [3.8, 4) is 28.6 Å². The van der Waals surface area contributed by atoms with Crippen LogP contribution >= 0.6 is 0 Å². The number of benzene rings is 1. The van der Waals surface area contributed by atoms with Crippen LogP contribution in [0.25, 0.3) is 28.0 Å². The first-order chi connectivity index (χ1) is 31.3. The average Bonchev–Trinajstić information content (AvgIpc) is 4.09. The molecule has 16 heteroatoms. The summed E-state index contributed by atoms with van der Waals surface area (Å²) in [6.45, 7) is 4.08. The summed E-state index contributed by atoms with van der Waals surface area (Å²) in [4.78, 5) is 43.3. The first-order valence-electron chi connectivity index (χ1n) is 22.6. The van der Waals surface area contributed by atoms with Crippen LogP contribution in [0.4, 0.5) is 15.9 Å². The number of rotatable bonds is 8. The highest BCUT2D eigenvalue weighted by atomic mass is 19.1. The molecule has 4 aliphatic heterocycles. The summed E-state index contributed by atoms with van der Waals surface area (Å²) >= 11 is 0. The number of fused-ring (bicyclic) bond motifs is 3. The second kappa shape index (κ2) is 16.5. The van der Waals surface area contributed by atoms with E-state index in [2.05, 4.69) is 53.5 Å². The largest absolute Gasteiger partial charge is 0.374 e. The third-order valence-corrected chi connectivity index (χ3v) is 14.4. The Bertz CT molecular complexity index is 2770. The quantitative estimate of drug-likeness (QED) is 0.156. The third-order valence-electron chi connectivity index (χ3n) is 14.4. The molecular formula is C48H49FN12O3. The van der Waals surface area contributed by atoms with E-state index in [-0.39, 0.29) is 41.6 Å². The zero-order chi connectivity index (χ0) is 43.4. The summed E-state index contributed by atoms with van der Waals surface area (Å²) in [6, 6.07) is 15.8. The summed E-state index contributed by atoms with van der Waals surface area (Å²) in [5.74, 6) is 0.141. The number of nitrogens with zero attached hydrogens (tertiary/aromatic N) is 10. The van der Waals surface area contributed by atoms with Gasteiger partial charge in [-0.05, 0) is 113 Å². The van der Waals surface area contributed by atoms with Gasteiger partial charge in [0.25, 0.3) is 0 Å². The van der Waals surface area contributed by atoms with Crippen LogP contribution in [0, 0.1) is 17.1 Å². The lowest BCUT2D eigenvalue weighted by atomic mass is 9.85. The van der Waals surface area contributed by atoms with Crippen molar-refractivity contribution in [2.45, 2.75) is 100 Å². The Morgan fingerprint density at radius 3 is 2.47 bits per heavy atom. The fourth-order valence-corrected chi connectivity index (χ4v) is 10.8. The molecule has 64 heavy (non-hydrogen) atoms. The van der Waals surface area contributed by atoms with Crippen molar-refractivity contribution in [2.24, 2.45) is 0 Å². The van der Waals surface area contributed by atoms with E-state index < -0.39 is 6.04 Å². The molecule has 1 saturated carbocycles. The Labute approximate surface area is 369 Å². The fraction of sp³-hybridized carbons (Fsp3) is 0.417. The summed E-state index contributed by atoms with van der Waals surface area (Å²) in [5, 5.41) is 24.8. The van der Waals surface area contributed by atoms with Crippen molar-refractivity contribution in [2.75, 3.05) is 36.4 Å². The Hall–Kier alpha value is -6.57. The van der Waals surface area contributed by atoms with E-state index in [0.717, 1.165) is 106 Å². The monoisotopic (exact) mass is 860 g/mol. The number of nitriles is 1. The molecule has 15 nitrogen and oxygen atoms in total. The number of ether oxygens (including phenoxy) is 1. The van der Waals surface area contributed by atoms with Crippen LogP contribution in [0.3, 0.4) is 0 Å². The molecule has 5 aromatic heterocycles. The summed E-state index contributed by atoms with van der Waals surface area (Å²) in [6.07, 6.45) is 19.4. The minimum atomic E-state index is -0.544. The standard InChI is InChI=1S/C48H49FN12O3/c49-39-22-35(55-40-10-12-43(62)57-47(40)63)4-9-38(39)30-13-18-58(19-14-30)36-5-7-37(8-6-36)60-27-34(26-53-60)41-28-61-45(33(23-50)25-54-61)44(56-41)31-3-11-42(52-24-31)59-20-15-48(16-21-59)46-32(29-64-48)2-1-17-51-46/h1-4,9,11,17,22,24-28,30,36-37,40,55H,5-8,10,12-16,18-21,29H2,(H,57,62,63)/t36-,37-,40-/m0/s1. The second-order valence-electron chi connectivity index (χ2n) is 18.0. The number of amides is 2. The number of aromatic nitrogens is 7. The zero-order valence-corrected chi connectivity index (χ0v) is 35.5. The van der Waals surface area contributed by atoms with Gasteiger partial charge in [-0.3, -0.25) is 24.6 Å². The zero-order valence-electron chi connectivity index (χ0n) is 35.5. The van der Waals surface area contributed by atoms with Crippen LogP contribution in [0.5, 0.6) is 0 Å². The maximum absolute atomic E-state index is 15.4. The molecule has 5 aliphatic rings. The van der Waals surface area contributed by atoms with Crippen molar-refractivity contribution in [3.05, 3.63) is 108 Å². The number of piperidine rings is 3. The number of hydrogen-bond acceptors (Lipinski definition) is 12. The first-order valence-corrected chi connectivity index (χ1v) is 22.6. The van der Waals surface area contributed by atoms with Gasteiger partial charge in [-0.2, -0.15) is 15.5 Å². The molecule has 1 spiro atoms. The number of hydrogen-bond donors (Lipinski definition) is 2.